The first-order valence-corrected chi connectivity index (χ1v) is 8.21. The van der Waals surface area contributed by atoms with Gasteiger partial charge in [-0.3, -0.25) is 9.78 Å². The van der Waals surface area contributed by atoms with E-state index in [9.17, 15) is 4.79 Å². The Bertz CT molecular complexity index is 802. The number of hydrogen-bond donors (Lipinski definition) is 1. The molecule has 1 unspecified atom stereocenters. The molecule has 0 radical (unpaired) electrons. The summed E-state index contributed by atoms with van der Waals surface area (Å²) < 4.78 is 5.92. The van der Waals surface area contributed by atoms with E-state index >= 15 is 0 Å². The van der Waals surface area contributed by atoms with E-state index in [1.165, 1.54) is 0 Å². The van der Waals surface area contributed by atoms with Gasteiger partial charge in [0, 0.05) is 24.5 Å². The maximum Gasteiger partial charge on any atom is 0.251 e. The third-order valence-electron chi connectivity index (χ3n) is 3.87. The van der Waals surface area contributed by atoms with Gasteiger partial charge in [-0.2, -0.15) is 0 Å². The zero-order chi connectivity index (χ0) is 17.5. The quantitative estimate of drug-likeness (QED) is 0.738. The summed E-state index contributed by atoms with van der Waals surface area (Å²) in [6.07, 6.45) is 3.40. The van der Waals surface area contributed by atoms with Crippen LogP contribution in [0.5, 0.6) is 5.75 Å². The van der Waals surface area contributed by atoms with E-state index in [1.54, 1.807) is 24.5 Å². The molecule has 1 atom stereocenters. The van der Waals surface area contributed by atoms with Crippen molar-refractivity contribution >= 4 is 5.91 Å². The molecular formula is C21H20N2O2. The van der Waals surface area contributed by atoms with Crippen LogP contribution in [0.25, 0.3) is 0 Å². The van der Waals surface area contributed by atoms with E-state index in [2.05, 4.69) is 10.3 Å². The van der Waals surface area contributed by atoms with Crippen molar-refractivity contribution < 1.29 is 9.53 Å². The first kappa shape index (κ1) is 16.7. The Labute approximate surface area is 147 Å². The van der Waals surface area contributed by atoms with Gasteiger partial charge in [-0.15, -0.1) is 0 Å². The van der Waals surface area contributed by atoms with Gasteiger partial charge < -0.3 is 10.1 Å². The van der Waals surface area contributed by atoms with Crippen LogP contribution < -0.4 is 10.1 Å². The molecule has 25 heavy (non-hydrogen) atoms. The summed E-state index contributed by atoms with van der Waals surface area (Å²) in [5.74, 6) is 0.617. The lowest BCUT2D eigenvalue weighted by Crippen LogP contribution is -2.22. The van der Waals surface area contributed by atoms with Gasteiger partial charge in [0.15, 0.2) is 0 Å². The summed E-state index contributed by atoms with van der Waals surface area (Å²) in [6, 6.07) is 21.0. The van der Waals surface area contributed by atoms with Gasteiger partial charge in [0.05, 0.1) is 0 Å². The van der Waals surface area contributed by atoms with Gasteiger partial charge in [-0.1, -0.05) is 36.4 Å². The van der Waals surface area contributed by atoms with E-state index < -0.39 is 0 Å². The van der Waals surface area contributed by atoms with E-state index in [0.717, 1.165) is 16.9 Å². The van der Waals surface area contributed by atoms with Gasteiger partial charge in [0.2, 0.25) is 0 Å². The zero-order valence-corrected chi connectivity index (χ0v) is 14.1. The number of rotatable bonds is 6. The largest absolute Gasteiger partial charge is 0.486 e. The molecule has 0 bridgehead atoms. The Morgan fingerprint density at radius 1 is 1.04 bits per heavy atom. The van der Waals surface area contributed by atoms with Gasteiger partial charge in [-0.05, 0) is 48.4 Å². The van der Waals surface area contributed by atoms with Crippen LogP contribution in [0.15, 0.2) is 79.1 Å². The minimum atomic E-state index is -0.119. The molecule has 0 saturated heterocycles. The zero-order valence-electron chi connectivity index (χ0n) is 14.1. The Morgan fingerprint density at radius 2 is 1.80 bits per heavy atom. The molecule has 126 valence electrons. The molecule has 0 aliphatic heterocycles. The highest BCUT2D eigenvalue weighted by Gasteiger charge is 2.09. The highest BCUT2D eigenvalue weighted by molar-refractivity contribution is 5.94. The monoisotopic (exact) mass is 332 g/mol. The molecule has 2 aromatic carbocycles. The molecule has 3 rings (SSSR count). The Kier molecular flexibility index (Phi) is 5.42. The van der Waals surface area contributed by atoms with Crippen LogP contribution in [0.4, 0.5) is 0 Å². The fraction of sp³-hybridized carbons (Fsp3) is 0.143. The predicted octanol–water partition coefficient (Wildman–Crippen LogP) is 4.15. The van der Waals surface area contributed by atoms with Crippen LogP contribution in [0.3, 0.4) is 0 Å². The summed E-state index contributed by atoms with van der Waals surface area (Å²) in [7, 11) is 0. The molecule has 4 nitrogen and oxygen atoms in total. The number of hydrogen-bond acceptors (Lipinski definition) is 3. The summed E-state index contributed by atoms with van der Waals surface area (Å²) in [4.78, 5) is 16.2. The highest BCUT2D eigenvalue weighted by Crippen LogP contribution is 2.21. The summed E-state index contributed by atoms with van der Waals surface area (Å²) in [6.45, 7) is 2.46. The third-order valence-corrected chi connectivity index (χ3v) is 3.87. The van der Waals surface area contributed by atoms with Crippen molar-refractivity contribution in [1.82, 2.24) is 10.3 Å². The third kappa shape index (κ3) is 4.67. The molecule has 0 fully saturated rings. The van der Waals surface area contributed by atoms with E-state index in [0.29, 0.717) is 12.1 Å². The second kappa shape index (κ2) is 8.11. The maximum absolute atomic E-state index is 12.2. The van der Waals surface area contributed by atoms with Crippen molar-refractivity contribution in [3.63, 3.8) is 0 Å². The number of ether oxygens (including phenoxy) is 1. The minimum absolute atomic E-state index is 0.0496. The molecule has 3 aromatic rings. The van der Waals surface area contributed by atoms with Gasteiger partial charge in [-0.25, -0.2) is 0 Å². The average Bonchev–Trinajstić information content (AvgIpc) is 2.68. The first-order valence-electron chi connectivity index (χ1n) is 8.21. The van der Waals surface area contributed by atoms with Crippen LogP contribution in [0.1, 0.15) is 34.5 Å². The Hall–Kier alpha value is -3.14. The Morgan fingerprint density at radius 3 is 2.48 bits per heavy atom. The molecule has 1 amide bonds. The van der Waals surface area contributed by atoms with Crippen molar-refractivity contribution in [1.29, 1.82) is 0 Å². The summed E-state index contributed by atoms with van der Waals surface area (Å²) >= 11 is 0. The fourth-order valence-corrected chi connectivity index (χ4v) is 2.47. The molecule has 0 aliphatic rings. The van der Waals surface area contributed by atoms with Gasteiger partial charge >= 0.3 is 0 Å². The SMILES string of the molecule is CC(Oc1ccc(C(=O)NCc2cccnc2)cc1)c1ccccc1. The number of nitrogens with zero attached hydrogens (tertiary/aromatic N) is 1. The van der Waals surface area contributed by atoms with Crippen molar-refractivity contribution in [2.45, 2.75) is 19.6 Å². The standard InChI is InChI=1S/C21H20N2O2/c1-16(18-7-3-2-4-8-18)25-20-11-9-19(10-12-20)21(24)23-15-17-6-5-13-22-14-17/h2-14,16H,15H2,1H3,(H,23,24). The van der Waals surface area contributed by atoms with E-state index in [4.69, 9.17) is 4.74 Å². The lowest BCUT2D eigenvalue weighted by molar-refractivity contribution is 0.0951. The minimum Gasteiger partial charge on any atom is -0.486 e. The molecule has 0 saturated carbocycles. The topological polar surface area (TPSA) is 51.2 Å². The number of carbonyl (C=O) groups excluding carboxylic acids is 1. The molecular weight excluding hydrogens is 312 g/mol. The van der Waals surface area contributed by atoms with Gasteiger partial charge in [0.25, 0.3) is 5.91 Å². The molecule has 1 heterocycles. The lowest BCUT2D eigenvalue weighted by Gasteiger charge is -2.15. The van der Waals surface area contributed by atoms with E-state index in [1.807, 2.05) is 61.5 Å². The fourth-order valence-electron chi connectivity index (χ4n) is 2.47. The normalized spacial score (nSPS) is 11.6. The number of carbonyl (C=O) groups is 1. The molecule has 4 heteroatoms. The van der Waals surface area contributed by atoms with Crippen molar-refractivity contribution in [3.8, 4) is 5.75 Å². The van der Waals surface area contributed by atoms with Crippen molar-refractivity contribution in [3.05, 3.63) is 95.8 Å². The molecule has 1 aromatic heterocycles. The predicted molar refractivity (Wildman–Crippen MR) is 97.3 cm³/mol. The highest BCUT2D eigenvalue weighted by atomic mass is 16.5. The van der Waals surface area contributed by atoms with Crippen LogP contribution in [-0.2, 0) is 6.54 Å². The van der Waals surface area contributed by atoms with Gasteiger partial charge in [0.1, 0.15) is 11.9 Å². The van der Waals surface area contributed by atoms with Crippen LogP contribution in [-0.4, -0.2) is 10.9 Å². The van der Waals surface area contributed by atoms with Crippen molar-refractivity contribution in [2.24, 2.45) is 0 Å². The average molecular weight is 332 g/mol. The summed E-state index contributed by atoms with van der Waals surface area (Å²) in [5, 5.41) is 2.88. The Balaban J connectivity index is 1.57. The van der Waals surface area contributed by atoms with Crippen molar-refractivity contribution in [2.75, 3.05) is 0 Å². The second-order valence-corrected chi connectivity index (χ2v) is 5.74. The molecule has 1 N–H and O–H groups in total. The van der Waals surface area contributed by atoms with Crippen LogP contribution >= 0.6 is 0 Å². The maximum atomic E-state index is 12.2. The number of amides is 1. The van der Waals surface area contributed by atoms with E-state index in [-0.39, 0.29) is 12.0 Å². The number of aromatic nitrogens is 1. The second-order valence-electron chi connectivity index (χ2n) is 5.74. The van der Waals surface area contributed by atoms with Crippen LogP contribution in [0, 0.1) is 0 Å². The molecule has 0 aliphatic carbocycles. The first-order chi connectivity index (χ1) is 12.2. The summed E-state index contributed by atoms with van der Waals surface area (Å²) in [5.41, 5.74) is 2.68. The number of pyridine rings is 1. The number of nitrogens with one attached hydrogen (secondary N) is 1. The molecule has 0 spiro atoms. The van der Waals surface area contributed by atoms with Crippen LogP contribution in [0.2, 0.25) is 0 Å². The lowest BCUT2D eigenvalue weighted by atomic mass is 10.1. The number of benzene rings is 2. The smallest absolute Gasteiger partial charge is 0.251 e.